The largest absolute Gasteiger partial charge is 0.381 e. The van der Waals surface area contributed by atoms with Crippen molar-refractivity contribution in [2.45, 2.75) is 13.5 Å². The van der Waals surface area contributed by atoms with E-state index in [0.29, 0.717) is 6.54 Å². The highest BCUT2D eigenvalue weighted by atomic mass is 19.1. The second kappa shape index (κ2) is 4.76. The van der Waals surface area contributed by atoms with Crippen LogP contribution in [0.15, 0.2) is 48.7 Å². The molecule has 3 rings (SSSR count). The van der Waals surface area contributed by atoms with Crippen molar-refractivity contribution in [1.82, 2.24) is 4.98 Å². The summed E-state index contributed by atoms with van der Waals surface area (Å²) in [5.74, 6) is -0.216. The molecule has 3 heteroatoms. The molecule has 0 saturated carbocycles. The molecule has 2 aromatic carbocycles. The monoisotopic (exact) mass is 254 g/mol. The molecule has 19 heavy (non-hydrogen) atoms. The van der Waals surface area contributed by atoms with Crippen LogP contribution in [-0.4, -0.2) is 4.98 Å². The lowest BCUT2D eigenvalue weighted by Crippen LogP contribution is -2.02. The lowest BCUT2D eigenvalue weighted by atomic mass is 10.1. The third-order valence-corrected chi connectivity index (χ3v) is 3.34. The van der Waals surface area contributed by atoms with Crippen molar-refractivity contribution in [3.8, 4) is 0 Å². The lowest BCUT2D eigenvalue weighted by Gasteiger charge is -2.10. The van der Waals surface area contributed by atoms with Crippen molar-refractivity contribution in [2.24, 2.45) is 0 Å². The highest BCUT2D eigenvalue weighted by Gasteiger charge is 2.03. The number of para-hydroxylation sites is 1. The first kappa shape index (κ1) is 11.8. The molecule has 0 unspecified atom stereocenters. The van der Waals surface area contributed by atoms with E-state index in [4.69, 9.17) is 0 Å². The van der Waals surface area contributed by atoms with Crippen LogP contribution in [0, 0.1) is 12.7 Å². The fourth-order valence-electron chi connectivity index (χ4n) is 2.27. The summed E-state index contributed by atoms with van der Waals surface area (Å²) in [6.45, 7) is 2.64. The summed E-state index contributed by atoms with van der Waals surface area (Å²) in [7, 11) is 0. The molecular formula is C16H15FN2. The van der Waals surface area contributed by atoms with Gasteiger partial charge in [0.25, 0.3) is 0 Å². The minimum Gasteiger partial charge on any atom is -0.381 e. The van der Waals surface area contributed by atoms with Gasteiger partial charge in [-0.1, -0.05) is 24.3 Å². The average molecular weight is 254 g/mol. The van der Waals surface area contributed by atoms with Gasteiger partial charge in [-0.05, 0) is 41.6 Å². The van der Waals surface area contributed by atoms with Crippen LogP contribution in [0.4, 0.5) is 10.1 Å². The molecule has 0 fully saturated rings. The smallest absolute Gasteiger partial charge is 0.125 e. The number of aryl methyl sites for hydroxylation is 1. The Labute approximate surface area is 111 Å². The zero-order valence-corrected chi connectivity index (χ0v) is 10.7. The number of hydrogen-bond donors (Lipinski definition) is 2. The van der Waals surface area contributed by atoms with E-state index in [1.165, 1.54) is 23.1 Å². The molecule has 2 N–H and O–H groups in total. The lowest BCUT2D eigenvalue weighted by molar-refractivity contribution is 0.628. The Balaban J connectivity index is 1.86. The molecule has 2 nitrogen and oxygen atoms in total. The number of halogens is 1. The summed E-state index contributed by atoms with van der Waals surface area (Å²) in [5, 5.41) is 4.48. The molecule has 3 aromatic rings. The molecule has 0 aliphatic carbocycles. The molecular weight excluding hydrogens is 239 g/mol. The van der Waals surface area contributed by atoms with Gasteiger partial charge in [0.1, 0.15) is 5.82 Å². The van der Waals surface area contributed by atoms with Crippen molar-refractivity contribution >= 4 is 16.6 Å². The zero-order chi connectivity index (χ0) is 13.2. The number of H-pyrrole nitrogens is 1. The maximum Gasteiger partial charge on any atom is 0.125 e. The van der Waals surface area contributed by atoms with Crippen LogP contribution in [0.1, 0.15) is 11.1 Å². The highest BCUT2D eigenvalue weighted by Crippen LogP contribution is 2.20. The quantitative estimate of drug-likeness (QED) is 0.719. The van der Waals surface area contributed by atoms with Gasteiger partial charge in [-0.15, -0.1) is 0 Å². The number of hydrogen-bond acceptors (Lipinski definition) is 1. The molecule has 1 heterocycles. The van der Waals surface area contributed by atoms with E-state index in [0.717, 1.165) is 16.8 Å². The van der Waals surface area contributed by atoms with Gasteiger partial charge in [-0.2, -0.15) is 0 Å². The summed E-state index contributed by atoms with van der Waals surface area (Å²) in [6, 6.07) is 13.0. The van der Waals surface area contributed by atoms with Gasteiger partial charge in [0.05, 0.1) is 5.52 Å². The standard InChI is InChI=1S/C16H15FN2/c1-11-5-6-14(17)9-15(11)19-10-13-4-2-3-12-7-8-18-16(12)13/h2-9,18-19H,10H2,1H3. The molecule has 0 aliphatic rings. The minimum absolute atomic E-state index is 0.216. The summed E-state index contributed by atoms with van der Waals surface area (Å²) in [6.07, 6.45) is 1.93. The number of anilines is 1. The van der Waals surface area contributed by atoms with Crippen LogP contribution in [-0.2, 0) is 6.54 Å². The molecule has 96 valence electrons. The molecule has 0 radical (unpaired) electrons. The Bertz CT molecular complexity index is 716. The van der Waals surface area contributed by atoms with E-state index in [1.807, 2.05) is 25.3 Å². The maximum atomic E-state index is 13.2. The summed E-state index contributed by atoms with van der Waals surface area (Å²) >= 11 is 0. The second-order valence-electron chi connectivity index (χ2n) is 4.67. The maximum absolute atomic E-state index is 13.2. The molecule has 0 saturated heterocycles. The van der Waals surface area contributed by atoms with Crippen molar-refractivity contribution in [1.29, 1.82) is 0 Å². The Morgan fingerprint density at radius 1 is 1.16 bits per heavy atom. The van der Waals surface area contributed by atoms with E-state index in [9.17, 15) is 4.39 Å². The van der Waals surface area contributed by atoms with Crippen molar-refractivity contribution < 1.29 is 4.39 Å². The van der Waals surface area contributed by atoms with Gasteiger partial charge in [0.15, 0.2) is 0 Å². The normalized spacial score (nSPS) is 10.8. The van der Waals surface area contributed by atoms with Crippen LogP contribution in [0.25, 0.3) is 10.9 Å². The second-order valence-corrected chi connectivity index (χ2v) is 4.67. The number of aromatic nitrogens is 1. The van der Waals surface area contributed by atoms with E-state index < -0.39 is 0 Å². The van der Waals surface area contributed by atoms with E-state index in [-0.39, 0.29) is 5.82 Å². The van der Waals surface area contributed by atoms with Crippen molar-refractivity contribution in [3.05, 3.63) is 65.6 Å². The van der Waals surface area contributed by atoms with Crippen LogP contribution < -0.4 is 5.32 Å². The molecule has 0 amide bonds. The first-order valence-electron chi connectivity index (χ1n) is 6.29. The minimum atomic E-state index is -0.216. The first-order chi connectivity index (χ1) is 9.24. The summed E-state index contributed by atoms with van der Waals surface area (Å²) < 4.78 is 13.2. The van der Waals surface area contributed by atoms with Crippen molar-refractivity contribution in [2.75, 3.05) is 5.32 Å². The van der Waals surface area contributed by atoms with Crippen LogP contribution in [0.2, 0.25) is 0 Å². The highest BCUT2D eigenvalue weighted by molar-refractivity contribution is 5.82. The first-order valence-corrected chi connectivity index (χ1v) is 6.29. The van der Waals surface area contributed by atoms with Gasteiger partial charge in [0.2, 0.25) is 0 Å². The Kier molecular flexibility index (Phi) is 2.95. The van der Waals surface area contributed by atoms with Gasteiger partial charge in [-0.3, -0.25) is 0 Å². The summed E-state index contributed by atoms with van der Waals surface area (Å²) in [4.78, 5) is 3.24. The number of fused-ring (bicyclic) bond motifs is 1. The Hall–Kier alpha value is -2.29. The van der Waals surface area contributed by atoms with Crippen LogP contribution in [0.5, 0.6) is 0 Å². The Morgan fingerprint density at radius 3 is 2.95 bits per heavy atom. The average Bonchev–Trinajstić information content (AvgIpc) is 2.88. The number of benzene rings is 2. The third kappa shape index (κ3) is 2.32. The molecule has 0 atom stereocenters. The fraction of sp³-hybridized carbons (Fsp3) is 0.125. The Morgan fingerprint density at radius 2 is 2.05 bits per heavy atom. The molecule has 0 spiro atoms. The van der Waals surface area contributed by atoms with E-state index in [2.05, 4.69) is 22.4 Å². The van der Waals surface area contributed by atoms with Gasteiger partial charge in [0, 0.05) is 18.4 Å². The van der Waals surface area contributed by atoms with Gasteiger partial charge >= 0.3 is 0 Å². The zero-order valence-electron chi connectivity index (χ0n) is 10.7. The van der Waals surface area contributed by atoms with Gasteiger partial charge < -0.3 is 10.3 Å². The van der Waals surface area contributed by atoms with Crippen LogP contribution in [0.3, 0.4) is 0 Å². The number of rotatable bonds is 3. The van der Waals surface area contributed by atoms with Crippen molar-refractivity contribution in [3.63, 3.8) is 0 Å². The van der Waals surface area contributed by atoms with Gasteiger partial charge in [-0.25, -0.2) is 4.39 Å². The van der Waals surface area contributed by atoms with Crippen LogP contribution >= 0.6 is 0 Å². The predicted molar refractivity (Wildman–Crippen MR) is 76.8 cm³/mol. The molecule has 1 aromatic heterocycles. The number of nitrogens with one attached hydrogen (secondary N) is 2. The van der Waals surface area contributed by atoms with E-state index >= 15 is 0 Å². The third-order valence-electron chi connectivity index (χ3n) is 3.34. The van der Waals surface area contributed by atoms with E-state index in [1.54, 1.807) is 6.07 Å². The SMILES string of the molecule is Cc1ccc(F)cc1NCc1cccc2cc[nH]c12. The molecule has 0 aliphatic heterocycles. The topological polar surface area (TPSA) is 27.8 Å². The predicted octanol–water partition coefficient (Wildman–Crippen LogP) is 4.23. The summed E-state index contributed by atoms with van der Waals surface area (Å²) in [5.41, 5.74) is 4.18. The number of aromatic amines is 1. The molecule has 0 bridgehead atoms. The fourth-order valence-corrected chi connectivity index (χ4v) is 2.27.